The molecule has 16 heavy (non-hydrogen) atoms. The first-order chi connectivity index (χ1) is 7.21. The lowest BCUT2D eigenvalue weighted by atomic mass is 10.2. The summed E-state index contributed by atoms with van der Waals surface area (Å²) >= 11 is 0. The van der Waals surface area contributed by atoms with Crippen molar-refractivity contribution in [2.24, 2.45) is 0 Å². The maximum absolute atomic E-state index is 12.4. The molecule has 1 aromatic rings. The monoisotopic (exact) mass is 254 g/mol. The zero-order valence-electron chi connectivity index (χ0n) is 7.70. The summed E-state index contributed by atoms with van der Waals surface area (Å²) in [5, 5.41) is 0. The molecular formula is C9H6F4O2S. The number of alkyl halides is 3. The smallest absolute Gasteiger partial charge is 0.189 e. The number of rotatable bonds is 2. The molecule has 0 atom stereocenters. The Hall–Kier alpha value is -1.37. The molecule has 0 bridgehead atoms. The third-order valence-corrected chi connectivity index (χ3v) is 2.51. The van der Waals surface area contributed by atoms with Gasteiger partial charge in [0.05, 0.1) is 0 Å². The van der Waals surface area contributed by atoms with Gasteiger partial charge in [-0.3, -0.25) is 0 Å². The Morgan fingerprint density at radius 1 is 1.12 bits per heavy atom. The van der Waals surface area contributed by atoms with E-state index < -0.39 is 21.3 Å². The topological polar surface area (TPSA) is 34.1 Å². The molecule has 0 aliphatic heterocycles. The second-order valence-electron chi connectivity index (χ2n) is 2.85. The molecule has 0 aliphatic rings. The average molecular weight is 254 g/mol. The number of hydrogen-bond donors (Lipinski definition) is 0. The van der Waals surface area contributed by atoms with Crippen LogP contribution in [0.25, 0.3) is 6.08 Å². The molecule has 0 aromatic heterocycles. The maximum Gasteiger partial charge on any atom is 0.429 e. The second kappa shape index (κ2) is 4.25. The highest BCUT2D eigenvalue weighted by atomic mass is 32.3. The van der Waals surface area contributed by atoms with Crippen LogP contribution in [0.4, 0.5) is 17.1 Å². The summed E-state index contributed by atoms with van der Waals surface area (Å²) in [6.45, 7) is 0. The van der Waals surface area contributed by atoms with E-state index in [4.69, 9.17) is 0 Å². The van der Waals surface area contributed by atoms with E-state index >= 15 is 0 Å². The summed E-state index contributed by atoms with van der Waals surface area (Å²) in [6, 6.07) is 6.82. The van der Waals surface area contributed by atoms with Gasteiger partial charge in [-0.1, -0.05) is 30.3 Å². The van der Waals surface area contributed by atoms with Gasteiger partial charge in [-0.2, -0.15) is 21.6 Å². The van der Waals surface area contributed by atoms with Crippen molar-refractivity contribution in [3.63, 3.8) is 0 Å². The first kappa shape index (κ1) is 12.7. The fourth-order valence-corrected chi connectivity index (χ4v) is 1.54. The van der Waals surface area contributed by atoms with Crippen molar-refractivity contribution in [2.75, 3.05) is 0 Å². The summed E-state index contributed by atoms with van der Waals surface area (Å²) in [7, 11) is -5.78. The maximum atomic E-state index is 12.4. The minimum absolute atomic E-state index is 0.0453. The van der Waals surface area contributed by atoms with E-state index in [0.717, 1.165) is 0 Å². The molecule has 0 amide bonds. The van der Waals surface area contributed by atoms with Gasteiger partial charge in [0.25, 0.3) is 0 Å². The third kappa shape index (κ3) is 3.34. The molecule has 0 heterocycles. The molecule has 0 aliphatic carbocycles. The molecule has 0 N–H and O–H groups in total. The molecule has 88 valence electrons. The van der Waals surface area contributed by atoms with Gasteiger partial charge >= 0.3 is 16.4 Å². The van der Waals surface area contributed by atoms with E-state index in [0.29, 0.717) is 0 Å². The minimum Gasteiger partial charge on any atom is -0.189 e. The van der Waals surface area contributed by atoms with Crippen molar-refractivity contribution in [3.05, 3.63) is 40.8 Å². The average Bonchev–Trinajstić information content (AvgIpc) is 2.12. The van der Waals surface area contributed by atoms with Crippen molar-refractivity contribution in [3.8, 4) is 0 Å². The fraction of sp³-hybridized carbons (Fsp3) is 0.111. The van der Waals surface area contributed by atoms with Crippen LogP contribution in [-0.2, 0) is 10.2 Å². The van der Waals surface area contributed by atoms with E-state index in [-0.39, 0.29) is 11.6 Å². The van der Waals surface area contributed by atoms with Crippen molar-refractivity contribution in [1.29, 1.82) is 0 Å². The van der Waals surface area contributed by atoms with Crippen molar-refractivity contribution < 1.29 is 25.5 Å². The molecule has 1 rings (SSSR count). The standard InChI is InChI=1S/C9H6F4O2S/c10-9(11,12)8(16(13,14)15)6-7-4-2-1-3-5-7/h1-6H. The molecular weight excluding hydrogens is 248 g/mol. The van der Waals surface area contributed by atoms with Crippen LogP contribution < -0.4 is 0 Å². The molecule has 0 spiro atoms. The summed E-state index contributed by atoms with van der Waals surface area (Å²) in [5.41, 5.74) is -0.0453. The molecule has 0 radical (unpaired) electrons. The van der Waals surface area contributed by atoms with Gasteiger partial charge < -0.3 is 0 Å². The second-order valence-corrected chi connectivity index (χ2v) is 4.17. The van der Waals surface area contributed by atoms with Gasteiger partial charge in [0.15, 0.2) is 4.91 Å². The van der Waals surface area contributed by atoms with Gasteiger partial charge in [0, 0.05) is 0 Å². The first-order valence-electron chi connectivity index (χ1n) is 4.00. The Morgan fingerprint density at radius 3 is 2.00 bits per heavy atom. The zero-order valence-corrected chi connectivity index (χ0v) is 8.52. The first-order valence-corrected chi connectivity index (χ1v) is 5.38. The Kier molecular flexibility index (Phi) is 3.37. The third-order valence-electron chi connectivity index (χ3n) is 1.64. The van der Waals surface area contributed by atoms with Crippen molar-refractivity contribution in [1.82, 2.24) is 0 Å². The molecule has 7 heteroatoms. The fourth-order valence-electron chi connectivity index (χ4n) is 0.991. The highest BCUT2D eigenvalue weighted by molar-refractivity contribution is 7.90. The van der Waals surface area contributed by atoms with Crippen LogP contribution in [0.1, 0.15) is 5.56 Å². The van der Waals surface area contributed by atoms with Crippen LogP contribution in [0, 0.1) is 0 Å². The molecule has 0 saturated carbocycles. The molecule has 0 fully saturated rings. The molecule has 2 nitrogen and oxygen atoms in total. The highest BCUT2D eigenvalue weighted by Crippen LogP contribution is 2.32. The highest BCUT2D eigenvalue weighted by Gasteiger charge is 2.42. The minimum atomic E-state index is -5.78. The van der Waals surface area contributed by atoms with Gasteiger partial charge in [-0.25, -0.2) is 0 Å². The van der Waals surface area contributed by atoms with Crippen LogP contribution in [0.3, 0.4) is 0 Å². The van der Waals surface area contributed by atoms with Gasteiger partial charge in [0.1, 0.15) is 0 Å². The summed E-state index contributed by atoms with van der Waals surface area (Å²) in [4.78, 5) is -2.20. The van der Waals surface area contributed by atoms with E-state index in [9.17, 15) is 25.5 Å². The molecule has 0 unspecified atom stereocenters. The van der Waals surface area contributed by atoms with E-state index in [2.05, 4.69) is 0 Å². The van der Waals surface area contributed by atoms with E-state index in [1.54, 1.807) is 0 Å². The van der Waals surface area contributed by atoms with Crippen molar-refractivity contribution in [2.45, 2.75) is 6.18 Å². The van der Waals surface area contributed by atoms with Crippen LogP contribution in [0.5, 0.6) is 0 Å². The van der Waals surface area contributed by atoms with Crippen LogP contribution >= 0.6 is 0 Å². The normalized spacial score (nSPS) is 13.9. The SMILES string of the molecule is O=S(=O)(F)C(=Cc1ccccc1)C(F)(F)F. The van der Waals surface area contributed by atoms with Crippen molar-refractivity contribution >= 4 is 16.3 Å². The lowest BCUT2D eigenvalue weighted by molar-refractivity contribution is -0.0839. The van der Waals surface area contributed by atoms with Crippen LogP contribution in [-0.4, -0.2) is 14.6 Å². The number of allylic oxidation sites excluding steroid dienone is 1. The van der Waals surface area contributed by atoms with Gasteiger partial charge in [-0.05, 0) is 11.6 Å². The van der Waals surface area contributed by atoms with E-state index in [1.807, 2.05) is 0 Å². The van der Waals surface area contributed by atoms with E-state index in [1.165, 1.54) is 30.3 Å². The zero-order chi connectivity index (χ0) is 12.4. The molecule has 1 aromatic carbocycles. The lowest BCUT2D eigenvalue weighted by Crippen LogP contribution is -2.17. The summed E-state index contributed by atoms with van der Waals surface area (Å²) < 4.78 is 69.7. The Morgan fingerprint density at radius 2 is 1.62 bits per heavy atom. The van der Waals surface area contributed by atoms with Crippen LogP contribution in [0.15, 0.2) is 35.2 Å². The Labute approximate surface area is 89.4 Å². The number of halogens is 4. The molecule has 0 saturated heterocycles. The summed E-state index contributed by atoms with van der Waals surface area (Å²) in [6.07, 6.45) is -5.00. The Bertz CT molecular complexity index is 488. The number of hydrogen-bond acceptors (Lipinski definition) is 2. The number of benzene rings is 1. The van der Waals surface area contributed by atoms with Gasteiger partial charge in [-0.15, -0.1) is 3.89 Å². The quantitative estimate of drug-likeness (QED) is 0.600. The predicted octanol–water partition coefficient (Wildman–Crippen LogP) is 2.89. The largest absolute Gasteiger partial charge is 0.429 e. The lowest BCUT2D eigenvalue weighted by Gasteiger charge is -2.07. The summed E-state index contributed by atoms with van der Waals surface area (Å²) in [5.74, 6) is 0. The Balaban J connectivity index is 3.30. The van der Waals surface area contributed by atoms with Crippen LogP contribution in [0.2, 0.25) is 0 Å². The van der Waals surface area contributed by atoms with Gasteiger partial charge in [0.2, 0.25) is 0 Å². The predicted molar refractivity (Wildman–Crippen MR) is 50.5 cm³/mol.